The van der Waals surface area contributed by atoms with Crippen LogP contribution in [0.2, 0.25) is 10.0 Å². The van der Waals surface area contributed by atoms with Crippen LogP contribution in [0.15, 0.2) is 18.2 Å². The fourth-order valence-corrected chi connectivity index (χ4v) is 4.04. The van der Waals surface area contributed by atoms with Gasteiger partial charge in [-0.2, -0.15) is 0 Å². The molecule has 2 heterocycles. The SMILES string of the molecule is O=C(Cc1ccc(Cl)c(Cl)c1)N1CCC[C@@H](O)[C@@H]1CN1CCCC1. The first-order valence-electron chi connectivity index (χ1n) is 8.68. The van der Waals surface area contributed by atoms with Gasteiger partial charge in [0.2, 0.25) is 5.91 Å². The van der Waals surface area contributed by atoms with Crippen molar-refractivity contribution >= 4 is 29.1 Å². The highest BCUT2D eigenvalue weighted by Gasteiger charge is 2.34. The maximum atomic E-state index is 12.8. The van der Waals surface area contributed by atoms with E-state index in [0.29, 0.717) is 16.5 Å². The molecule has 0 spiro atoms. The lowest BCUT2D eigenvalue weighted by Gasteiger charge is -2.41. The number of benzene rings is 1. The highest BCUT2D eigenvalue weighted by atomic mass is 35.5. The van der Waals surface area contributed by atoms with Crippen molar-refractivity contribution < 1.29 is 9.90 Å². The molecule has 132 valence electrons. The van der Waals surface area contributed by atoms with Crippen molar-refractivity contribution in [1.82, 2.24) is 9.80 Å². The molecule has 2 aliphatic rings. The zero-order valence-corrected chi connectivity index (χ0v) is 15.3. The number of amides is 1. The van der Waals surface area contributed by atoms with Crippen LogP contribution < -0.4 is 0 Å². The van der Waals surface area contributed by atoms with Crippen molar-refractivity contribution in [3.05, 3.63) is 33.8 Å². The first-order chi connectivity index (χ1) is 11.5. The number of aliphatic hydroxyl groups is 1. The van der Waals surface area contributed by atoms with Crippen molar-refractivity contribution in [2.45, 2.75) is 44.2 Å². The molecule has 0 unspecified atom stereocenters. The van der Waals surface area contributed by atoms with E-state index in [9.17, 15) is 9.90 Å². The maximum absolute atomic E-state index is 12.8. The van der Waals surface area contributed by atoms with Gasteiger partial charge in [0.05, 0.1) is 28.6 Å². The lowest BCUT2D eigenvalue weighted by Crippen LogP contribution is -2.56. The standard InChI is InChI=1S/C18H24Cl2N2O2/c19-14-6-5-13(10-15(14)20)11-18(24)22-9-3-4-17(23)16(22)12-21-7-1-2-8-21/h5-6,10,16-17,23H,1-4,7-9,11-12H2/t16-,17+/m0/s1. The third-order valence-electron chi connectivity index (χ3n) is 5.05. The maximum Gasteiger partial charge on any atom is 0.227 e. The fourth-order valence-electron chi connectivity index (χ4n) is 3.72. The summed E-state index contributed by atoms with van der Waals surface area (Å²) in [6.07, 6.45) is 3.90. The lowest BCUT2D eigenvalue weighted by atomic mass is 9.97. The van der Waals surface area contributed by atoms with Gasteiger partial charge in [0, 0.05) is 13.1 Å². The third-order valence-corrected chi connectivity index (χ3v) is 5.79. The van der Waals surface area contributed by atoms with Crippen LogP contribution in [0.3, 0.4) is 0 Å². The van der Waals surface area contributed by atoms with Gasteiger partial charge in [0.25, 0.3) is 0 Å². The summed E-state index contributed by atoms with van der Waals surface area (Å²) >= 11 is 12.0. The lowest BCUT2D eigenvalue weighted by molar-refractivity contribution is -0.138. The molecule has 1 amide bonds. The average Bonchev–Trinajstić information content (AvgIpc) is 3.06. The minimum Gasteiger partial charge on any atom is -0.391 e. The third kappa shape index (κ3) is 4.23. The molecule has 1 N–H and O–H groups in total. The Labute approximate surface area is 153 Å². The van der Waals surface area contributed by atoms with Crippen LogP contribution in [0.1, 0.15) is 31.2 Å². The van der Waals surface area contributed by atoms with Gasteiger partial charge in [0.15, 0.2) is 0 Å². The number of aliphatic hydroxyl groups excluding tert-OH is 1. The Morgan fingerprint density at radius 3 is 2.58 bits per heavy atom. The summed E-state index contributed by atoms with van der Waals surface area (Å²) in [5.41, 5.74) is 0.856. The van der Waals surface area contributed by atoms with Crippen LogP contribution in [0, 0.1) is 0 Å². The Hall–Kier alpha value is -0.810. The minimum absolute atomic E-state index is 0.0522. The van der Waals surface area contributed by atoms with Crippen molar-refractivity contribution in [3.8, 4) is 0 Å². The number of nitrogens with zero attached hydrogens (tertiary/aromatic N) is 2. The van der Waals surface area contributed by atoms with Gasteiger partial charge in [-0.3, -0.25) is 4.79 Å². The van der Waals surface area contributed by atoms with E-state index in [1.54, 1.807) is 12.1 Å². The number of rotatable bonds is 4. The number of halogens is 2. The molecule has 24 heavy (non-hydrogen) atoms. The molecular weight excluding hydrogens is 347 g/mol. The summed E-state index contributed by atoms with van der Waals surface area (Å²) < 4.78 is 0. The molecule has 0 radical (unpaired) electrons. The zero-order valence-electron chi connectivity index (χ0n) is 13.8. The molecule has 2 aliphatic heterocycles. The molecule has 2 atom stereocenters. The summed E-state index contributed by atoms with van der Waals surface area (Å²) in [5, 5.41) is 11.4. The molecule has 1 aromatic carbocycles. The van der Waals surface area contributed by atoms with Crippen LogP contribution in [0.5, 0.6) is 0 Å². The molecule has 6 heteroatoms. The highest BCUT2D eigenvalue weighted by molar-refractivity contribution is 6.42. The second kappa shape index (κ2) is 8.05. The minimum atomic E-state index is -0.433. The van der Waals surface area contributed by atoms with E-state index in [4.69, 9.17) is 23.2 Å². The fraction of sp³-hybridized carbons (Fsp3) is 0.611. The van der Waals surface area contributed by atoms with E-state index in [1.165, 1.54) is 12.8 Å². The van der Waals surface area contributed by atoms with Gasteiger partial charge < -0.3 is 14.9 Å². The summed E-state index contributed by atoms with van der Waals surface area (Å²) in [5.74, 6) is 0.0522. The van der Waals surface area contributed by atoms with Crippen LogP contribution in [-0.2, 0) is 11.2 Å². The predicted molar refractivity (Wildman–Crippen MR) is 96.6 cm³/mol. The monoisotopic (exact) mass is 370 g/mol. The zero-order chi connectivity index (χ0) is 17.1. The molecular formula is C18H24Cl2N2O2. The van der Waals surface area contributed by atoms with Crippen LogP contribution in [-0.4, -0.2) is 59.1 Å². The molecule has 0 saturated carbocycles. The quantitative estimate of drug-likeness (QED) is 0.885. The molecule has 1 aromatic rings. The normalized spacial score (nSPS) is 25.2. The number of likely N-dealkylation sites (tertiary alicyclic amines) is 2. The van der Waals surface area contributed by atoms with Crippen LogP contribution >= 0.6 is 23.2 Å². The van der Waals surface area contributed by atoms with E-state index in [1.807, 2.05) is 11.0 Å². The summed E-state index contributed by atoms with van der Waals surface area (Å²) in [7, 11) is 0. The molecule has 0 aliphatic carbocycles. The number of carbonyl (C=O) groups excluding carboxylic acids is 1. The second-order valence-corrected chi connectivity index (χ2v) is 7.61. The van der Waals surface area contributed by atoms with Crippen molar-refractivity contribution in [3.63, 3.8) is 0 Å². The van der Waals surface area contributed by atoms with Gasteiger partial charge in [-0.1, -0.05) is 29.3 Å². The molecule has 0 bridgehead atoms. The molecule has 0 aromatic heterocycles. The Kier molecular flexibility index (Phi) is 6.03. The van der Waals surface area contributed by atoms with E-state index in [-0.39, 0.29) is 11.9 Å². The predicted octanol–water partition coefficient (Wildman–Crippen LogP) is 2.98. The molecule has 2 fully saturated rings. The second-order valence-electron chi connectivity index (χ2n) is 6.80. The van der Waals surface area contributed by atoms with Gasteiger partial charge in [-0.25, -0.2) is 0 Å². The van der Waals surface area contributed by atoms with Crippen molar-refractivity contribution in [1.29, 1.82) is 0 Å². The summed E-state index contributed by atoms with van der Waals surface area (Å²) in [6, 6.07) is 5.20. The highest BCUT2D eigenvalue weighted by Crippen LogP contribution is 2.25. The largest absolute Gasteiger partial charge is 0.391 e. The van der Waals surface area contributed by atoms with Gasteiger partial charge in [-0.15, -0.1) is 0 Å². The first-order valence-corrected chi connectivity index (χ1v) is 9.44. The molecule has 2 saturated heterocycles. The summed E-state index contributed by atoms with van der Waals surface area (Å²) in [6.45, 7) is 3.63. The topological polar surface area (TPSA) is 43.8 Å². The molecule has 3 rings (SSSR count). The Morgan fingerprint density at radius 1 is 1.12 bits per heavy atom. The average molecular weight is 371 g/mol. The molecule has 4 nitrogen and oxygen atoms in total. The number of piperidine rings is 1. The number of hydrogen-bond acceptors (Lipinski definition) is 3. The Bertz CT molecular complexity index is 590. The smallest absolute Gasteiger partial charge is 0.227 e. The van der Waals surface area contributed by atoms with Crippen LogP contribution in [0.4, 0.5) is 0 Å². The van der Waals surface area contributed by atoms with E-state index < -0.39 is 6.10 Å². The summed E-state index contributed by atoms with van der Waals surface area (Å²) in [4.78, 5) is 17.0. The van der Waals surface area contributed by atoms with Crippen molar-refractivity contribution in [2.24, 2.45) is 0 Å². The Balaban J connectivity index is 1.68. The number of carbonyl (C=O) groups is 1. The van der Waals surface area contributed by atoms with Crippen LogP contribution in [0.25, 0.3) is 0 Å². The number of hydrogen-bond donors (Lipinski definition) is 1. The van der Waals surface area contributed by atoms with E-state index in [0.717, 1.165) is 44.6 Å². The van der Waals surface area contributed by atoms with E-state index in [2.05, 4.69) is 4.90 Å². The van der Waals surface area contributed by atoms with Gasteiger partial charge in [0.1, 0.15) is 0 Å². The Morgan fingerprint density at radius 2 is 1.88 bits per heavy atom. The van der Waals surface area contributed by atoms with Crippen molar-refractivity contribution in [2.75, 3.05) is 26.2 Å². The van der Waals surface area contributed by atoms with Gasteiger partial charge >= 0.3 is 0 Å². The van der Waals surface area contributed by atoms with Gasteiger partial charge in [-0.05, 0) is 56.5 Å². The van der Waals surface area contributed by atoms with E-state index >= 15 is 0 Å². The first kappa shape index (κ1) is 18.0.